The van der Waals surface area contributed by atoms with E-state index in [-0.39, 0.29) is 6.67 Å². The van der Waals surface area contributed by atoms with Crippen molar-refractivity contribution in [3.8, 4) is 0 Å². The van der Waals surface area contributed by atoms with E-state index in [1.165, 1.54) is 56.5 Å². The van der Waals surface area contributed by atoms with Crippen molar-refractivity contribution in [2.45, 2.75) is 46.0 Å². The number of nitrogens with zero attached hydrogens (tertiary/aromatic N) is 1. The van der Waals surface area contributed by atoms with Crippen LogP contribution in [0.15, 0.2) is 66.7 Å². The maximum Gasteiger partial charge on any atom is 0.0906 e. The summed E-state index contributed by atoms with van der Waals surface area (Å²) in [5, 5.41) is 0. The molecule has 5 rings (SSSR count). The first-order valence-electron chi connectivity index (χ1n) is 12.9. The molecule has 0 radical (unpaired) electrons. The molecule has 2 aliphatic rings. The van der Waals surface area contributed by atoms with Crippen LogP contribution in [0.2, 0.25) is 0 Å². The van der Waals surface area contributed by atoms with Gasteiger partial charge in [0.05, 0.1) is 6.67 Å². The predicted molar refractivity (Wildman–Crippen MR) is 142 cm³/mol. The lowest BCUT2D eigenvalue weighted by atomic mass is 9.85. The second kappa shape index (κ2) is 10.3. The Hall–Kier alpha value is -2.71. The second-order valence-electron chi connectivity index (χ2n) is 10.3. The predicted octanol–water partition coefficient (Wildman–Crippen LogP) is 7.43. The molecule has 0 bridgehead atoms. The van der Waals surface area contributed by atoms with E-state index in [9.17, 15) is 4.39 Å². The smallest absolute Gasteiger partial charge is 0.0906 e. The average Bonchev–Trinajstić information content (AvgIpc) is 3.00. The summed E-state index contributed by atoms with van der Waals surface area (Å²) in [6.07, 6.45) is 5.20. The highest BCUT2D eigenvalue weighted by atomic mass is 19.1. The summed E-state index contributed by atoms with van der Waals surface area (Å²) in [5.41, 5.74) is 12.6. The minimum Gasteiger partial charge on any atom is -0.303 e. The van der Waals surface area contributed by atoms with Gasteiger partial charge in [-0.05, 0) is 96.4 Å². The first-order valence-corrected chi connectivity index (χ1v) is 12.9. The molecular weight excluding hydrogens is 417 g/mol. The van der Waals surface area contributed by atoms with Crippen LogP contribution in [0.3, 0.4) is 0 Å². The van der Waals surface area contributed by atoms with Gasteiger partial charge in [-0.1, -0.05) is 72.3 Å². The monoisotopic (exact) mass is 453 g/mol. The van der Waals surface area contributed by atoms with Crippen LogP contribution in [0, 0.1) is 19.8 Å². The molecule has 1 aliphatic carbocycles. The van der Waals surface area contributed by atoms with E-state index in [4.69, 9.17) is 0 Å². The van der Waals surface area contributed by atoms with Gasteiger partial charge in [-0.2, -0.15) is 0 Å². The number of likely N-dealkylation sites (tertiary alicyclic amines) is 1. The quantitative estimate of drug-likeness (QED) is 0.359. The molecular formula is C32H36FN. The maximum absolute atomic E-state index is 12.4. The van der Waals surface area contributed by atoms with Gasteiger partial charge >= 0.3 is 0 Å². The fraction of sp³-hybridized carbons (Fsp3) is 0.375. The number of halogens is 1. The highest BCUT2D eigenvalue weighted by molar-refractivity contribution is 6.00. The Morgan fingerprint density at radius 1 is 0.882 bits per heavy atom. The molecule has 0 spiro atoms. The first kappa shape index (κ1) is 23.1. The molecule has 0 saturated carbocycles. The summed E-state index contributed by atoms with van der Waals surface area (Å²) < 4.78 is 12.4. The van der Waals surface area contributed by atoms with Crippen molar-refractivity contribution < 1.29 is 4.39 Å². The van der Waals surface area contributed by atoms with Crippen molar-refractivity contribution >= 4 is 11.1 Å². The normalized spacial score (nSPS) is 16.8. The molecule has 0 unspecified atom stereocenters. The number of hydrogen-bond donors (Lipinski definition) is 0. The van der Waals surface area contributed by atoms with Crippen molar-refractivity contribution in [1.82, 2.24) is 4.90 Å². The van der Waals surface area contributed by atoms with Crippen LogP contribution < -0.4 is 0 Å². The topological polar surface area (TPSA) is 3.24 Å². The Morgan fingerprint density at radius 3 is 2.44 bits per heavy atom. The van der Waals surface area contributed by atoms with Gasteiger partial charge in [0.2, 0.25) is 0 Å². The van der Waals surface area contributed by atoms with E-state index >= 15 is 0 Å². The lowest BCUT2D eigenvalue weighted by molar-refractivity contribution is 0.0968. The number of allylic oxidation sites excluding steroid dienone is 1. The minimum atomic E-state index is -0.203. The van der Waals surface area contributed by atoms with Gasteiger partial charge in [0.25, 0.3) is 0 Å². The van der Waals surface area contributed by atoms with Crippen LogP contribution in [0.5, 0.6) is 0 Å². The molecule has 0 aromatic heterocycles. The molecule has 2 heteroatoms. The van der Waals surface area contributed by atoms with E-state index in [2.05, 4.69) is 85.5 Å². The summed E-state index contributed by atoms with van der Waals surface area (Å²) in [6.45, 7) is 7.35. The number of rotatable bonds is 7. The second-order valence-corrected chi connectivity index (χ2v) is 10.3. The molecule has 1 nitrogen and oxygen atoms in total. The third kappa shape index (κ3) is 4.88. The van der Waals surface area contributed by atoms with Gasteiger partial charge in [0.1, 0.15) is 0 Å². The summed E-state index contributed by atoms with van der Waals surface area (Å²) in [7, 11) is 0. The van der Waals surface area contributed by atoms with Gasteiger partial charge in [0.15, 0.2) is 0 Å². The number of fused-ring (bicyclic) bond motifs is 1. The molecule has 0 amide bonds. The molecule has 1 fully saturated rings. The standard InChI is InChI=1S/C32H36FN/c1-23-11-16-29(24(2)19-23)31-10-5-8-27-7-3-4-9-30(27)32(31)28-14-12-25(13-15-28)20-26-21-34(22-26)18-6-17-33/h3-4,7,9,11-16,19,26H,5-6,8,10,17-18,20-22H2,1-2H3. The van der Waals surface area contributed by atoms with Gasteiger partial charge in [0, 0.05) is 19.6 Å². The Bertz CT molecular complexity index is 1170. The zero-order chi connectivity index (χ0) is 23.5. The third-order valence-corrected chi connectivity index (χ3v) is 7.58. The van der Waals surface area contributed by atoms with Crippen molar-refractivity contribution in [2.75, 3.05) is 26.3 Å². The Labute approximate surface area is 204 Å². The van der Waals surface area contributed by atoms with E-state index in [1.54, 1.807) is 0 Å². The highest BCUT2D eigenvalue weighted by Crippen LogP contribution is 2.40. The molecule has 3 aromatic carbocycles. The molecule has 34 heavy (non-hydrogen) atoms. The van der Waals surface area contributed by atoms with E-state index in [1.807, 2.05) is 0 Å². The van der Waals surface area contributed by atoms with E-state index in [0.29, 0.717) is 12.3 Å². The largest absolute Gasteiger partial charge is 0.303 e. The lowest BCUT2D eigenvalue weighted by Crippen LogP contribution is -2.47. The Kier molecular flexibility index (Phi) is 6.97. The van der Waals surface area contributed by atoms with Crippen LogP contribution >= 0.6 is 0 Å². The van der Waals surface area contributed by atoms with Gasteiger partial charge in [-0.15, -0.1) is 0 Å². The van der Waals surface area contributed by atoms with Crippen molar-refractivity contribution in [3.63, 3.8) is 0 Å². The first-order chi connectivity index (χ1) is 16.6. The van der Waals surface area contributed by atoms with Crippen LogP contribution in [0.25, 0.3) is 11.1 Å². The van der Waals surface area contributed by atoms with Crippen LogP contribution in [-0.2, 0) is 12.8 Å². The fourth-order valence-electron chi connectivity index (χ4n) is 5.89. The molecule has 176 valence electrons. The summed E-state index contributed by atoms with van der Waals surface area (Å²) in [6, 6.07) is 25.2. The Balaban J connectivity index is 1.47. The van der Waals surface area contributed by atoms with Crippen molar-refractivity contribution in [2.24, 2.45) is 5.92 Å². The Morgan fingerprint density at radius 2 is 1.68 bits per heavy atom. The number of hydrogen-bond acceptors (Lipinski definition) is 1. The maximum atomic E-state index is 12.4. The van der Waals surface area contributed by atoms with E-state index < -0.39 is 0 Å². The van der Waals surface area contributed by atoms with Crippen LogP contribution in [0.1, 0.15) is 58.2 Å². The lowest BCUT2D eigenvalue weighted by Gasteiger charge is -2.39. The summed E-state index contributed by atoms with van der Waals surface area (Å²) in [4.78, 5) is 2.38. The zero-order valence-corrected chi connectivity index (χ0v) is 20.6. The fourth-order valence-corrected chi connectivity index (χ4v) is 5.89. The third-order valence-electron chi connectivity index (χ3n) is 7.58. The van der Waals surface area contributed by atoms with E-state index in [0.717, 1.165) is 38.9 Å². The van der Waals surface area contributed by atoms with Crippen LogP contribution in [0.4, 0.5) is 4.39 Å². The van der Waals surface area contributed by atoms with Gasteiger partial charge < -0.3 is 4.90 Å². The van der Waals surface area contributed by atoms with Gasteiger partial charge in [-0.3, -0.25) is 4.39 Å². The molecule has 1 aliphatic heterocycles. The minimum absolute atomic E-state index is 0.203. The molecule has 1 heterocycles. The number of alkyl halides is 1. The molecule has 0 atom stereocenters. The average molecular weight is 454 g/mol. The zero-order valence-electron chi connectivity index (χ0n) is 20.6. The van der Waals surface area contributed by atoms with Crippen molar-refractivity contribution in [3.05, 3.63) is 106 Å². The van der Waals surface area contributed by atoms with Gasteiger partial charge in [-0.25, -0.2) is 0 Å². The van der Waals surface area contributed by atoms with Crippen LogP contribution in [-0.4, -0.2) is 31.2 Å². The number of aryl methyl sites for hydroxylation is 3. The SMILES string of the molecule is Cc1ccc(C2=C(c3ccc(CC4CN(CCCF)C4)cc3)c3ccccc3CCC2)c(C)c1. The molecule has 3 aromatic rings. The van der Waals surface area contributed by atoms with Crippen molar-refractivity contribution in [1.29, 1.82) is 0 Å². The molecule has 1 saturated heterocycles. The number of benzene rings is 3. The highest BCUT2D eigenvalue weighted by Gasteiger charge is 2.26. The molecule has 0 N–H and O–H groups in total. The summed E-state index contributed by atoms with van der Waals surface area (Å²) in [5.74, 6) is 0.703. The summed E-state index contributed by atoms with van der Waals surface area (Å²) >= 11 is 0.